The molecule has 1 saturated carbocycles. The van der Waals surface area contributed by atoms with Crippen LogP contribution in [0.4, 0.5) is 0 Å². The van der Waals surface area contributed by atoms with E-state index in [4.69, 9.17) is 10.5 Å². The molecule has 0 aromatic carbocycles. The predicted molar refractivity (Wildman–Crippen MR) is 52.5 cm³/mol. The second-order valence-corrected chi connectivity index (χ2v) is 4.24. The molecule has 0 radical (unpaired) electrons. The average Bonchev–Trinajstić information content (AvgIpc) is 2.71. The van der Waals surface area contributed by atoms with Crippen LogP contribution in [-0.2, 0) is 4.74 Å². The molecule has 2 aliphatic rings. The number of nitrogens with one attached hydrogen (secondary N) is 1. The third-order valence-corrected chi connectivity index (χ3v) is 3.33. The van der Waals surface area contributed by atoms with E-state index >= 15 is 0 Å². The first-order valence-electron chi connectivity index (χ1n) is 5.46. The van der Waals surface area contributed by atoms with Crippen LogP contribution in [0.5, 0.6) is 0 Å². The highest BCUT2D eigenvalue weighted by atomic mass is 16.5. The quantitative estimate of drug-likeness (QED) is 0.656. The smallest absolute Gasteiger partial charge is 0.0853 e. The largest absolute Gasteiger partial charge is 0.374 e. The minimum atomic E-state index is 0.260. The fourth-order valence-corrected chi connectivity index (χ4v) is 2.48. The zero-order valence-electron chi connectivity index (χ0n) is 8.17. The van der Waals surface area contributed by atoms with Gasteiger partial charge in [-0.3, -0.25) is 0 Å². The van der Waals surface area contributed by atoms with Crippen molar-refractivity contribution in [3.05, 3.63) is 0 Å². The molecule has 3 nitrogen and oxygen atoms in total. The van der Waals surface area contributed by atoms with E-state index in [1.807, 2.05) is 0 Å². The van der Waals surface area contributed by atoms with Gasteiger partial charge >= 0.3 is 0 Å². The molecule has 2 atom stereocenters. The van der Waals surface area contributed by atoms with Crippen LogP contribution >= 0.6 is 0 Å². The van der Waals surface area contributed by atoms with Gasteiger partial charge in [0.05, 0.1) is 12.7 Å². The summed E-state index contributed by atoms with van der Waals surface area (Å²) >= 11 is 0. The summed E-state index contributed by atoms with van der Waals surface area (Å²) in [6.07, 6.45) is 5.59. The molecule has 76 valence electrons. The van der Waals surface area contributed by atoms with E-state index in [0.717, 1.165) is 19.7 Å². The molecule has 2 rings (SSSR count). The van der Waals surface area contributed by atoms with Gasteiger partial charge in [0.2, 0.25) is 0 Å². The molecule has 3 N–H and O–H groups in total. The summed E-state index contributed by atoms with van der Waals surface area (Å²) in [5.74, 6) is 0.713. The van der Waals surface area contributed by atoms with Gasteiger partial charge < -0.3 is 15.8 Å². The Morgan fingerprint density at radius 1 is 1.31 bits per heavy atom. The van der Waals surface area contributed by atoms with Crippen LogP contribution in [0.1, 0.15) is 25.7 Å². The number of hydrogen-bond acceptors (Lipinski definition) is 3. The second-order valence-electron chi connectivity index (χ2n) is 4.24. The monoisotopic (exact) mass is 184 g/mol. The van der Waals surface area contributed by atoms with E-state index < -0.39 is 0 Å². The number of rotatable bonds is 2. The molecule has 0 spiro atoms. The van der Waals surface area contributed by atoms with Crippen LogP contribution in [-0.4, -0.2) is 31.8 Å². The first-order valence-corrected chi connectivity index (χ1v) is 5.46. The third kappa shape index (κ3) is 2.22. The normalized spacial score (nSPS) is 33.5. The number of hydrogen-bond donors (Lipinski definition) is 2. The van der Waals surface area contributed by atoms with Gasteiger partial charge in [0.1, 0.15) is 0 Å². The summed E-state index contributed by atoms with van der Waals surface area (Å²) in [7, 11) is 0. The minimum absolute atomic E-state index is 0.260. The molecular formula is C10H20N2O. The summed E-state index contributed by atoms with van der Waals surface area (Å²) in [6.45, 7) is 2.75. The zero-order chi connectivity index (χ0) is 9.10. The van der Waals surface area contributed by atoms with Gasteiger partial charge in [-0.2, -0.15) is 0 Å². The fraction of sp³-hybridized carbons (Fsp3) is 1.00. The van der Waals surface area contributed by atoms with Crippen molar-refractivity contribution in [2.24, 2.45) is 11.7 Å². The first-order chi connectivity index (χ1) is 6.38. The van der Waals surface area contributed by atoms with Crippen molar-refractivity contribution in [2.75, 3.05) is 19.7 Å². The molecule has 1 aliphatic heterocycles. The van der Waals surface area contributed by atoms with Crippen LogP contribution in [0.3, 0.4) is 0 Å². The number of nitrogens with two attached hydrogens (primary N) is 1. The van der Waals surface area contributed by atoms with Crippen LogP contribution in [0.25, 0.3) is 0 Å². The van der Waals surface area contributed by atoms with Gasteiger partial charge in [0.25, 0.3) is 0 Å². The van der Waals surface area contributed by atoms with E-state index in [-0.39, 0.29) is 12.1 Å². The molecular weight excluding hydrogens is 164 g/mol. The van der Waals surface area contributed by atoms with E-state index in [1.54, 1.807) is 0 Å². The summed E-state index contributed by atoms with van der Waals surface area (Å²) in [5, 5.41) is 3.33. The van der Waals surface area contributed by atoms with Crippen LogP contribution in [0.2, 0.25) is 0 Å². The molecule has 1 aliphatic carbocycles. The molecule has 0 aromatic heterocycles. The highest BCUT2D eigenvalue weighted by Gasteiger charge is 2.30. The molecule has 1 heterocycles. The van der Waals surface area contributed by atoms with Crippen LogP contribution < -0.4 is 11.1 Å². The fourth-order valence-electron chi connectivity index (χ4n) is 2.48. The molecule has 13 heavy (non-hydrogen) atoms. The molecule has 0 bridgehead atoms. The van der Waals surface area contributed by atoms with Crippen molar-refractivity contribution in [3.63, 3.8) is 0 Å². The van der Waals surface area contributed by atoms with E-state index in [2.05, 4.69) is 5.32 Å². The highest BCUT2D eigenvalue weighted by Crippen LogP contribution is 2.28. The maximum Gasteiger partial charge on any atom is 0.0853 e. The first kappa shape index (κ1) is 9.44. The topological polar surface area (TPSA) is 47.3 Å². The van der Waals surface area contributed by atoms with Gasteiger partial charge in [0.15, 0.2) is 0 Å². The Kier molecular flexibility index (Phi) is 3.19. The summed E-state index contributed by atoms with van der Waals surface area (Å²) in [5.41, 5.74) is 6.19. The number of ether oxygens (including phenoxy) is 1. The predicted octanol–water partition coefficient (Wildman–Crippen LogP) is 0.492. The van der Waals surface area contributed by atoms with Crippen LogP contribution in [0.15, 0.2) is 0 Å². The Hall–Kier alpha value is -0.120. The lowest BCUT2D eigenvalue weighted by atomic mass is 9.94. The van der Waals surface area contributed by atoms with Gasteiger partial charge in [-0.15, -0.1) is 0 Å². The van der Waals surface area contributed by atoms with Crippen LogP contribution in [0, 0.1) is 5.92 Å². The van der Waals surface area contributed by atoms with Gasteiger partial charge in [-0.05, 0) is 18.8 Å². The maximum absolute atomic E-state index is 6.19. The average molecular weight is 184 g/mol. The summed E-state index contributed by atoms with van der Waals surface area (Å²) < 4.78 is 5.66. The Bertz CT molecular complexity index is 151. The second kappa shape index (κ2) is 4.40. The van der Waals surface area contributed by atoms with Crippen molar-refractivity contribution in [1.29, 1.82) is 0 Å². The lowest BCUT2D eigenvalue weighted by Crippen LogP contribution is -2.51. The van der Waals surface area contributed by atoms with Gasteiger partial charge in [-0.25, -0.2) is 0 Å². The van der Waals surface area contributed by atoms with E-state index in [9.17, 15) is 0 Å². The number of morpholine rings is 1. The van der Waals surface area contributed by atoms with E-state index in [1.165, 1.54) is 25.7 Å². The third-order valence-electron chi connectivity index (χ3n) is 3.33. The minimum Gasteiger partial charge on any atom is -0.374 e. The molecule has 1 saturated heterocycles. The standard InChI is InChI=1S/C10H20N2O/c11-10(8-3-1-2-4-8)9-7-12-5-6-13-9/h8-10,12H,1-7,11H2. The highest BCUT2D eigenvalue weighted by molar-refractivity contribution is 4.86. The Labute approximate surface area is 80.0 Å². The molecule has 3 heteroatoms. The van der Waals surface area contributed by atoms with Crippen molar-refractivity contribution in [2.45, 2.75) is 37.8 Å². The van der Waals surface area contributed by atoms with Crippen molar-refractivity contribution < 1.29 is 4.74 Å². The van der Waals surface area contributed by atoms with Crippen molar-refractivity contribution in [1.82, 2.24) is 5.32 Å². The Morgan fingerprint density at radius 3 is 2.69 bits per heavy atom. The lowest BCUT2D eigenvalue weighted by Gasteiger charge is -2.31. The molecule has 0 aromatic rings. The molecule has 2 fully saturated rings. The summed E-state index contributed by atoms with van der Waals surface area (Å²) in [6, 6.07) is 0.260. The van der Waals surface area contributed by atoms with Gasteiger partial charge in [-0.1, -0.05) is 12.8 Å². The van der Waals surface area contributed by atoms with Crippen molar-refractivity contribution >= 4 is 0 Å². The maximum atomic E-state index is 6.19. The van der Waals surface area contributed by atoms with Crippen molar-refractivity contribution in [3.8, 4) is 0 Å². The molecule has 0 amide bonds. The lowest BCUT2D eigenvalue weighted by molar-refractivity contribution is 0.000697. The zero-order valence-corrected chi connectivity index (χ0v) is 8.17. The van der Waals surface area contributed by atoms with Gasteiger partial charge in [0, 0.05) is 19.1 Å². The Morgan fingerprint density at radius 2 is 2.08 bits per heavy atom. The Balaban J connectivity index is 1.83. The van der Waals surface area contributed by atoms with E-state index in [0.29, 0.717) is 5.92 Å². The SMILES string of the molecule is NC(C1CCCC1)C1CNCCO1. The summed E-state index contributed by atoms with van der Waals surface area (Å²) in [4.78, 5) is 0. The molecule has 2 unspecified atom stereocenters.